The van der Waals surface area contributed by atoms with Crippen LogP contribution in [-0.2, 0) is 6.42 Å². The average molecular weight is 198 g/mol. The van der Waals surface area contributed by atoms with Gasteiger partial charge in [-0.15, -0.1) is 0 Å². The zero-order valence-corrected chi connectivity index (χ0v) is 8.88. The lowest BCUT2D eigenvalue weighted by molar-refractivity contribution is 0.796. The fourth-order valence-electron chi connectivity index (χ4n) is 1.80. The van der Waals surface area contributed by atoms with Crippen LogP contribution < -0.4 is 0 Å². The number of hydrogen-bond donors (Lipinski definition) is 1. The third-order valence-corrected chi connectivity index (χ3v) is 2.69. The second-order valence-corrected chi connectivity index (χ2v) is 3.80. The molecule has 2 nitrogen and oxygen atoms in total. The number of aromatic nitrogens is 1. The fraction of sp³-hybridized carbons (Fsp3) is 0.308. The van der Waals surface area contributed by atoms with Crippen molar-refractivity contribution in [2.75, 3.05) is 0 Å². The van der Waals surface area contributed by atoms with Gasteiger partial charge >= 0.3 is 0 Å². The van der Waals surface area contributed by atoms with Crippen molar-refractivity contribution in [3.8, 4) is 6.07 Å². The monoisotopic (exact) mass is 198 g/mol. The van der Waals surface area contributed by atoms with E-state index in [2.05, 4.69) is 36.2 Å². The van der Waals surface area contributed by atoms with E-state index in [-0.39, 0.29) is 0 Å². The highest BCUT2D eigenvalue weighted by atomic mass is 14.7. The first-order valence-electron chi connectivity index (χ1n) is 5.35. The summed E-state index contributed by atoms with van der Waals surface area (Å²) in [5, 5.41) is 9.97. The molecule has 0 radical (unpaired) electrons. The van der Waals surface area contributed by atoms with Crippen LogP contribution in [0.25, 0.3) is 10.9 Å². The molecule has 0 amide bonds. The van der Waals surface area contributed by atoms with Crippen molar-refractivity contribution in [2.45, 2.75) is 26.2 Å². The Balaban J connectivity index is 2.40. The number of nitrogens with zero attached hydrogens (tertiary/aromatic N) is 1. The van der Waals surface area contributed by atoms with E-state index in [9.17, 15) is 0 Å². The zero-order valence-electron chi connectivity index (χ0n) is 8.88. The summed E-state index contributed by atoms with van der Waals surface area (Å²) in [5.41, 5.74) is 3.11. The van der Waals surface area contributed by atoms with E-state index in [1.54, 1.807) is 6.20 Å². The van der Waals surface area contributed by atoms with E-state index >= 15 is 0 Å². The lowest BCUT2D eigenvalue weighted by atomic mass is 10.1. The number of benzene rings is 1. The minimum atomic E-state index is 0.739. The molecule has 0 aliphatic carbocycles. The molecule has 0 fully saturated rings. The molecule has 0 bridgehead atoms. The Morgan fingerprint density at radius 2 is 2.27 bits per heavy atom. The molecule has 0 atom stereocenters. The summed E-state index contributed by atoms with van der Waals surface area (Å²) in [6, 6.07) is 8.52. The topological polar surface area (TPSA) is 39.6 Å². The van der Waals surface area contributed by atoms with Crippen LogP contribution in [0, 0.1) is 11.3 Å². The van der Waals surface area contributed by atoms with Gasteiger partial charge in [0.1, 0.15) is 6.07 Å². The molecule has 0 aliphatic heterocycles. The minimum absolute atomic E-state index is 0.739. The van der Waals surface area contributed by atoms with Gasteiger partial charge in [-0.1, -0.05) is 19.4 Å². The van der Waals surface area contributed by atoms with E-state index in [0.29, 0.717) is 0 Å². The van der Waals surface area contributed by atoms with E-state index in [1.807, 2.05) is 0 Å². The summed E-state index contributed by atoms with van der Waals surface area (Å²) in [7, 11) is 0. The van der Waals surface area contributed by atoms with Gasteiger partial charge in [0.25, 0.3) is 0 Å². The number of H-pyrrole nitrogens is 1. The smallest absolute Gasteiger partial charge is 0.101 e. The highest BCUT2D eigenvalue weighted by Crippen LogP contribution is 2.20. The van der Waals surface area contributed by atoms with Crippen molar-refractivity contribution in [3.05, 3.63) is 35.5 Å². The molecule has 0 unspecified atom stereocenters. The van der Waals surface area contributed by atoms with Crippen LogP contribution in [0.2, 0.25) is 0 Å². The molecule has 15 heavy (non-hydrogen) atoms. The van der Waals surface area contributed by atoms with E-state index in [4.69, 9.17) is 5.26 Å². The standard InChI is InChI=1S/C13H14N2/c1-2-3-4-10-5-6-13-12(7-10)11(8-14)9-15-13/h5-7,9,15H,2-4H2,1H3. The number of rotatable bonds is 3. The number of nitrogens with one attached hydrogen (secondary N) is 1. The molecular formula is C13H14N2. The zero-order chi connectivity index (χ0) is 10.7. The summed E-state index contributed by atoms with van der Waals surface area (Å²) in [4.78, 5) is 3.10. The van der Waals surface area contributed by atoms with Gasteiger partial charge in [-0.3, -0.25) is 0 Å². The normalized spacial score (nSPS) is 10.4. The third kappa shape index (κ3) is 1.87. The van der Waals surface area contributed by atoms with Crippen molar-refractivity contribution >= 4 is 10.9 Å². The quantitative estimate of drug-likeness (QED) is 0.806. The Morgan fingerprint density at radius 3 is 3.00 bits per heavy atom. The second kappa shape index (κ2) is 4.18. The first-order valence-corrected chi connectivity index (χ1v) is 5.35. The molecule has 0 saturated carbocycles. The Bertz CT molecular complexity index is 503. The van der Waals surface area contributed by atoms with Crippen LogP contribution in [0.3, 0.4) is 0 Å². The summed E-state index contributed by atoms with van der Waals surface area (Å²) in [6.07, 6.45) is 5.28. The number of aromatic amines is 1. The van der Waals surface area contributed by atoms with Gasteiger partial charge in [-0.2, -0.15) is 5.26 Å². The van der Waals surface area contributed by atoms with Crippen molar-refractivity contribution in [3.63, 3.8) is 0 Å². The van der Waals surface area contributed by atoms with Crippen LogP contribution in [0.5, 0.6) is 0 Å². The average Bonchev–Trinajstić information content (AvgIpc) is 2.68. The molecule has 1 aromatic heterocycles. The fourth-order valence-corrected chi connectivity index (χ4v) is 1.80. The molecule has 1 N–H and O–H groups in total. The maximum absolute atomic E-state index is 8.92. The highest BCUT2D eigenvalue weighted by molar-refractivity contribution is 5.86. The molecule has 2 heteroatoms. The van der Waals surface area contributed by atoms with E-state index in [0.717, 1.165) is 22.9 Å². The number of fused-ring (bicyclic) bond motifs is 1. The molecule has 76 valence electrons. The summed E-state index contributed by atoms with van der Waals surface area (Å²) in [6.45, 7) is 2.19. The van der Waals surface area contributed by atoms with Gasteiger partial charge < -0.3 is 4.98 Å². The number of aryl methyl sites for hydroxylation is 1. The lowest BCUT2D eigenvalue weighted by Crippen LogP contribution is -1.84. The summed E-state index contributed by atoms with van der Waals surface area (Å²) < 4.78 is 0. The van der Waals surface area contributed by atoms with Crippen LogP contribution in [0.4, 0.5) is 0 Å². The highest BCUT2D eigenvalue weighted by Gasteiger charge is 2.03. The number of nitriles is 1. The lowest BCUT2D eigenvalue weighted by Gasteiger charge is -1.99. The van der Waals surface area contributed by atoms with Crippen LogP contribution >= 0.6 is 0 Å². The summed E-state index contributed by atoms with van der Waals surface area (Å²) >= 11 is 0. The molecule has 1 aromatic carbocycles. The van der Waals surface area contributed by atoms with Crippen molar-refractivity contribution < 1.29 is 0 Å². The van der Waals surface area contributed by atoms with Gasteiger partial charge in [0, 0.05) is 17.1 Å². The van der Waals surface area contributed by atoms with Crippen molar-refractivity contribution in [1.82, 2.24) is 4.98 Å². The Hall–Kier alpha value is -1.75. The second-order valence-electron chi connectivity index (χ2n) is 3.80. The maximum atomic E-state index is 8.92. The van der Waals surface area contributed by atoms with Gasteiger partial charge in [0.05, 0.1) is 5.56 Å². The molecule has 1 heterocycles. The number of hydrogen-bond acceptors (Lipinski definition) is 1. The number of unbranched alkanes of at least 4 members (excludes halogenated alkanes) is 1. The molecule has 2 aromatic rings. The van der Waals surface area contributed by atoms with Gasteiger partial charge in [-0.25, -0.2) is 0 Å². The van der Waals surface area contributed by atoms with E-state index < -0.39 is 0 Å². The van der Waals surface area contributed by atoms with Gasteiger partial charge in [0.2, 0.25) is 0 Å². The summed E-state index contributed by atoms with van der Waals surface area (Å²) in [5.74, 6) is 0. The minimum Gasteiger partial charge on any atom is -0.360 e. The SMILES string of the molecule is CCCCc1ccc2[nH]cc(C#N)c2c1. The molecular weight excluding hydrogens is 184 g/mol. The van der Waals surface area contributed by atoms with Gasteiger partial charge in [-0.05, 0) is 30.5 Å². The molecule has 0 saturated heterocycles. The Kier molecular flexibility index (Phi) is 2.73. The van der Waals surface area contributed by atoms with Crippen LogP contribution in [-0.4, -0.2) is 4.98 Å². The Labute approximate surface area is 89.5 Å². The molecule has 2 rings (SSSR count). The predicted octanol–water partition coefficient (Wildman–Crippen LogP) is 3.38. The predicted molar refractivity (Wildman–Crippen MR) is 61.6 cm³/mol. The van der Waals surface area contributed by atoms with Crippen LogP contribution in [0.15, 0.2) is 24.4 Å². The van der Waals surface area contributed by atoms with Crippen molar-refractivity contribution in [2.24, 2.45) is 0 Å². The molecule has 0 aliphatic rings. The van der Waals surface area contributed by atoms with E-state index in [1.165, 1.54) is 18.4 Å². The third-order valence-electron chi connectivity index (χ3n) is 2.69. The largest absolute Gasteiger partial charge is 0.360 e. The first kappa shape index (κ1) is 9.79. The van der Waals surface area contributed by atoms with Gasteiger partial charge in [0.15, 0.2) is 0 Å². The van der Waals surface area contributed by atoms with Crippen LogP contribution in [0.1, 0.15) is 30.9 Å². The first-order chi connectivity index (χ1) is 7.35. The molecule has 0 spiro atoms. The van der Waals surface area contributed by atoms with Crippen molar-refractivity contribution in [1.29, 1.82) is 5.26 Å². The maximum Gasteiger partial charge on any atom is 0.101 e. The Morgan fingerprint density at radius 1 is 1.40 bits per heavy atom.